The smallest absolute Gasteiger partial charge is 0.328 e. The zero-order valence-electron chi connectivity index (χ0n) is 9.62. The van der Waals surface area contributed by atoms with E-state index >= 15 is 0 Å². The highest BCUT2D eigenvalue weighted by Gasteiger charge is 2.03. The SMILES string of the molecule is CCCC(O)OC(C)=O.O=C(O)/C=C\C(=O)O. The monoisotopic (exact) mass is 248 g/mol. The minimum atomic E-state index is -1.26. The van der Waals surface area contributed by atoms with E-state index in [1.54, 1.807) is 0 Å². The Hall–Kier alpha value is -1.89. The second kappa shape index (κ2) is 10.6. The molecular weight excluding hydrogens is 232 g/mol. The van der Waals surface area contributed by atoms with Gasteiger partial charge < -0.3 is 20.1 Å². The minimum absolute atomic E-state index is 0.434. The molecule has 0 aliphatic rings. The molecule has 1 atom stereocenters. The second-order valence-electron chi connectivity index (χ2n) is 2.86. The summed E-state index contributed by atoms with van der Waals surface area (Å²) in [5, 5.41) is 24.4. The van der Waals surface area contributed by atoms with Gasteiger partial charge in [-0.15, -0.1) is 0 Å². The average Bonchev–Trinajstić information content (AvgIpc) is 2.14. The normalized spacial score (nSPS) is 11.2. The number of aliphatic hydroxyl groups excluding tert-OH is 1. The molecule has 0 saturated heterocycles. The summed E-state index contributed by atoms with van der Waals surface area (Å²) >= 11 is 0. The van der Waals surface area contributed by atoms with Crippen molar-refractivity contribution >= 4 is 17.9 Å². The van der Waals surface area contributed by atoms with Gasteiger partial charge in [0, 0.05) is 25.5 Å². The first-order chi connectivity index (χ1) is 7.79. The van der Waals surface area contributed by atoms with E-state index in [0.717, 1.165) is 6.42 Å². The highest BCUT2D eigenvalue weighted by molar-refractivity contribution is 5.89. The van der Waals surface area contributed by atoms with Crippen molar-refractivity contribution in [3.8, 4) is 0 Å². The van der Waals surface area contributed by atoms with Crippen LogP contribution >= 0.6 is 0 Å². The lowest BCUT2D eigenvalue weighted by Crippen LogP contribution is -2.14. The van der Waals surface area contributed by atoms with Crippen molar-refractivity contribution in [2.75, 3.05) is 0 Å². The molecule has 0 fully saturated rings. The molecular formula is C10H16O7. The third-order valence-corrected chi connectivity index (χ3v) is 1.21. The zero-order valence-corrected chi connectivity index (χ0v) is 9.62. The largest absolute Gasteiger partial charge is 0.478 e. The van der Waals surface area contributed by atoms with Gasteiger partial charge in [-0.2, -0.15) is 0 Å². The van der Waals surface area contributed by atoms with Crippen LogP contribution in [0.3, 0.4) is 0 Å². The second-order valence-corrected chi connectivity index (χ2v) is 2.86. The Morgan fingerprint density at radius 2 is 1.59 bits per heavy atom. The van der Waals surface area contributed by atoms with Gasteiger partial charge in [-0.3, -0.25) is 4.79 Å². The molecule has 98 valence electrons. The summed E-state index contributed by atoms with van der Waals surface area (Å²) in [6, 6.07) is 0. The third-order valence-electron chi connectivity index (χ3n) is 1.21. The summed E-state index contributed by atoms with van der Waals surface area (Å²) in [4.78, 5) is 29.3. The Kier molecular flexibility index (Phi) is 10.9. The molecule has 0 spiro atoms. The van der Waals surface area contributed by atoms with Gasteiger partial charge in [-0.25, -0.2) is 9.59 Å². The molecule has 0 rings (SSSR count). The van der Waals surface area contributed by atoms with Crippen LogP contribution in [-0.2, 0) is 19.1 Å². The first-order valence-corrected chi connectivity index (χ1v) is 4.78. The molecule has 3 N–H and O–H groups in total. The topological polar surface area (TPSA) is 121 Å². The van der Waals surface area contributed by atoms with Crippen LogP contribution in [0.15, 0.2) is 12.2 Å². The predicted molar refractivity (Wildman–Crippen MR) is 57.1 cm³/mol. The molecule has 0 amide bonds. The van der Waals surface area contributed by atoms with E-state index in [2.05, 4.69) is 4.74 Å². The van der Waals surface area contributed by atoms with Crippen molar-refractivity contribution in [3.63, 3.8) is 0 Å². The standard InChI is InChI=1S/C6H12O3.C4H4O4/c1-3-4-6(8)9-5(2)7;5-3(6)1-2-4(7)8/h6,8H,3-4H2,1-2H3;1-2H,(H,5,6)(H,7,8)/b;2-1-. The molecule has 0 aliphatic carbocycles. The summed E-state index contributed by atoms with van der Waals surface area (Å²) in [7, 11) is 0. The number of carbonyl (C=O) groups excluding carboxylic acids is 1. The van der Waals surface area contributed by atoms with Crippen LogP contribution < -0.4 is 0 Å². The summed E-state index contributed by atoms with van der Waals surface area (Å²) in [5.41, 5.74) is 0. The molecule has 0 heterocycles. The first kappa shape index (κ1) is 17.5. The fourth-order valence-corrected chi connectivity index (χ4v) is 0.640. The van der Waals surface area contributed by atoms with Gasteiger partial charge in [-0.1, -0.05) is 13.3 Å². The number of carboxylic acids is 2. The van der Waals surface area contributed by atoms with E-state index in [-0.39, 0.29) is 0 Å². The Morgan fingerprint density at radius 1 is 1.18 bits per heavy atom. The van der Waals surface area contributed by atoms with E-state index in [4.69, 9.17) is 15.3 Å². The Labute approximate surface area is 98.3 Å². The quantitative estimate of drug-likeness (QED) is 0.365. The number of carboxylic acid groups (broad SMARTS) is 2. The fraction of sp³-hybridized carbons (Fsp3) is 0.500. The molecule has 0 aliphatic heterocycles. The van der Waals surface area contributed by atoms with Crippen molar-refractivity contribution in [3.05, 3.63) is 12.2 Å². The van der Waals surface area contributed by atoms with Gasteiger partial charge in [0.25, 0.3) is 0 Å². The van der Waals surface area contributed by atoms with Gasteiger partial charge in [0.2, 0.25) is 6.29 Å². The Morgan fingerprint density at radius 3 is 1.82 bits per heavy atom. The lowest BCUT2D eigenvalue weighted by atomic mass is 10.3. The van der Waals surface area contributed by atoms with Gasteiger partial charge >= 0.3 is 17.9 Å². The first-order valence-electron chi connectivity index (χ1n) is 4.78. The lowest BCUT2D eigenvalue weighted by molar-refractivity contribution is -0.165. The van der Waals surface area contributed by atoms with Crippen LogP contribution in [0.25, 0.3) is 0 Å². The van der Waals surface area contributed by atoms with Crippen LogP contribution in [-0.4, -0.2) is 39.5 Å². The number of carbonyl (C=O) groups is 3. The van der Waals surface area contributed by atoms with Crippen LogP contribution in [0.4, 0.5) is 0 Å². The molecule has 0 aromatic rings. The summed E-state index contributed by atoms with van der Waals surface area (Å²) in [6.07, 6.45) is 1.53. The molecule has 0 bridgehead atoms. The van der Waals surface area contributed by atoms with Crippen LogP contribution in [0.5, 0.6) is 0 Å². The summed E-state index contributed by atoms with van der Waals surface area (Å²) in [5.74, 6) is -2.95. The van der Waals surface area contributed by atoms with E-state index in [1.807, 2.05) is 6.92 Å². The zero-order chi connectivity index (χ0) is 13.8. The van der Waals surface area contributed by atoms with Crippen molar-refractivity contribution in [1.29, 1.82) is 0 Å². The van der Waals surface area contributed by atoms with E-state index in [1.165, 1.54) is 6.92 Å². The van der Waals surface area contributed by atoms with Gasteiger partial charge in [-0.05, 0) is 0 Å². The van der Waals surface area contributed by atoms with E-state index in [9.17, 15) is 14.4 Å². The number of hydrogen-bond donors (Lipinski definition) is 3. The lowest BCUT2D eigenvalue weighted by Gasteiger charge is -2.07. The number of rotatable bonds is 5. The molecule has 1 unspecified atom stereocenters. The number of aliphatic hydroxyl groups is 1. The number of ether oxygens (including phenoxy) is 1. The number of aliphatic carboxylic acids is 2. The average molecular weight is 248 g/mol. The maximum Gasteiger partial charge on any atom is 0.328 e. The Balaban J connectivity index is 0. The molecule has 0 radical (unpaired) electrons. The molecule has 7 heteroatoms. The maximum absolute atomic E-state index is 10.1. The molecule has 0 aromatic carbocycles. The van der Waals surface area contributed by atoms with Crippen molar-refractivity contribution in [1.82, 2.24) is 0 Å². The van der Waals surface area contributed by atoms with Crippen molar-refractivity contribution < 1.29 is 34.4 Å². The molecule has 0 aromatic heterocycles. The van der Waals surface area contributed by atoms with Crippen molar-refractivity contribution in [2.45, 2.75) is 33.0 Å². The maximum atomic E-state index is 10.1. The van der Waals surface area contributed by atoms with Crippen LogP contribution in [0.2, 0.25) is 0 Å². The summed E-state index contributed by atoms with van der Waals surface area (Å²) in [6.45, 7) is 3.19. The van der Waals surface area contributed by atoms with Crippen LogP contribution in [0.1, 0.15) is 26.7 Å². The molecule has 7 nitrogen and oxygen atoms in total. The molecule has 0 saturated carbocycles. The van der Waals surface area contributed by atoms with Crippen molar-refractivity contribution in [2.24, 2.45) is 0 Å². The highest BCUT2D eigenvalue weighted by Crippen LogP contribution is 1.96. The highest BCUT2D eigenvalue weighted by atomic mass is 16.6. The van der Waals surface area contributed by atoms with Gasteiger partial charge in [0.15, 0.2) is 0 Å². The van der Waals surface area contributed by atoms with Crippen LogP contribution in [0, 0.1) is 0 Å². The number of esters is 1. The third kappa shape index (κ3) is 20.2. The van der Waals surface area contributed by atoms with Gasteiger partial charge in [0.05, 0.1) is 0 Å². The summed E-state index contributed by atoms with van der Waals surface area (Å²) < 4.78 is 4.41. The van der Waals surface area contributed by atoms with E-state index in [0.29, 0.717) is 18.6 Å². The minimum Gasteiger partial charge on any atom is -0.478 e. The van der Waals surface area contributed by atoms with E-state index < -0.39 is 24.2 Å². The predicted octanol–water partition coefficient (Wildman–Crippen LogP) is 0.380. The fourth-order valence-electron chi connectivity index (χ4n) is 0.640. The number of hydrogen-bond acceptors (Lipinski definition) is 5. The molecule has 17 heavy (non-hydrogen) atoms. The van der Waals surface area contributed by atoms with Gasteiger partial charge in [0.1, 0.15) is 0 Å². The Bertz CT molecular complexity index is 266.